The Morgan fingerprint density at radius 1 is 0.903 bits per heavy atom. The van der Waals surface area contributed by atoms with Crippen LogP contribution in [-0.4, -0.2) is 35.5 Å². The number of aromatic amines is 1. The molecule has 9 heteroatoms. The van der Waals surface area contributed by atoms with Crippen molar-refractivity contribution in [2.24, 2.45) is 0 Å². The summed E-state index contributed by atoms with van der Waals surface area (Å²) in [6, 6.07) is 15.1. The molecule has 1 N–H and O–H groups in total. The Balaban J connectivity index is 1.65. The Morgan fingerprint density at radius 2 is 1.58 bits per heavy atom. The van der Waals surface area contributed by atoms with E-state index < -0.39 is 6.36 Å². The molecule has 0 saturated heterocycles. The number of nitrogens with zero attached hydrogens (tertiary/aromatic N) is 2. The summed E-state index contributed by atoms with van der Waals surface area (Å²) in [6.45, 7) is 0. The van der Waals surface area contributed by atoms with E-state index in [1.54, 1.807) is 18.2 Å². The molecule has 0 aliphatic heterocycles. The Bertz CT molecular complexity index is 1180. The summed E-state index contributed by atoms with van der Waals surface area (Å²) in [4.78, 5) is 12.1. The van der Waals surface area contributed by atoms with E-state index in [-0.39, 0.29) is 5.75 Å². The molecular formula is C22H18F3N3O3. The molecular weight excluding hydrogens is 411 g/mol. The van der Waals surface area contributed by atoms with E-state index in [1.807, 2.05) is 24.3 Å². The number of alkyl halides is 3. The number of para-hydroxylation sites is 1. The van der Waals surface area contributed by atoms with Crippen molar-refractivity contribution in [1.29, 1.82) is 0 Å². The van der Waals surface area contributed by atoms with E-state index in [0.717, 1.165) is 27.7 Å². The third kappa shape index (κ3) is 4.71. The van der Waals surface area contributed by atoms with Crippen LogP contribution in [0.2, 0.25) is 0 Å². The minimum atomic E-state index is -4.72. The number of nitrogens with one attached hydrogen (secondary N) is 1. The first-order chi connectivity index (χ1) is 14.8. The minimum absolute atomic E-state index is 0.264. The van der Waals surface area contributed by atoms with Gasteiger partial charge in [0.1, 0.15) is 11.6 Å². The highest BCUT2D eigenvalue weighted by molar-refractivity contribution is 5.94. The summed E-state index contributed by atoms with van der Waals surface area (Å²) in [5, 5.41) is 0.956. The van der Waals surface area contributed by atoms with Crippen LogP contribution in [0.1, 0.15) is 11.5 Å². The Labute approximate surface area is 175 Å². The number of methoxy groups -OCH3 is 2. The second-order valence-corrected chi connectivity index (χ2v) is 6.68. The highest BCUT2D eigenvalue weighted by atomic mass is 19.4. The first-order valence-electron chi connectivity index (χ1n) is 9.27. The van der Waals surface area contributed by atoms with Gasteiger partial charge in [-0.25, -0.2) is 0 Å². The molecule has 31 heavy (non-hydrogen) atoms. The topological polar surface area (TPSA) is 69.3 Å². The summed E-state index contributed by atoms with van der Waals surface area (Å²) in [6.07, 6.45) is -4.30. The zero-order valence-corrected chi connectivity index (χ0v) is 16.7. The molecule has 0 aliphatic carbocycles. The molecule has 2 aromatic heterocycles. The largest absolute Gasteiger partial charge is 0.573 e. The zero-order valence-electron chi connectivity index (χ0n) is 16.7. The second-order valence-electron chi connectivity index (χ2n) is 6.68. The fraction of sp³-hybridized carbons (Fsp3) is 0.182. The van der Waals surface area contributed by atoms with E-state index >= 15 is 0 Å². The van der Waals surface area contributed by atoms with Crippen LogP contribution in [-0.2, 0) is 6.42 Å². The van der Waals surface area contributed by atoms with Crippen LogP contribution in [0.5, 0.6) is 17.5 Å². The van der Waals surface area contributed by atoms with Gasteiger partial charge < -0.3 is 19.2 Å². The van der Waals surface area contributed by atoms with E-state index in [1.165, 1.54) is 26.4 Å². The SMILES string of the molecule is COc1cc(OC)nc(Cc2cc3cccc(-c4ccc(OC(F)(F)F)cc4)c3[nH]2)n1. The molecule has 0 radical (unpaired) electrons. The molecule has 2 aromatic carbocycles. The van der Waals surface area contributed by atoms with Gasteiger partial charge in [-0.05, 0) is 23.8 Å². The van der Waals surface area contributed by atoms with Crippen molar-refractivity contribution in [2.75, 3.05) is 14.2 Å². The Morgan fingerprint density at radius 3 is 2.19 bits per heavy atom. The number of halogens is 3. The molecule has 0 unspecified atom stereocenters. The van der Waals surface area contributed by atoms with E-state index in [0.29, 0.717) is 24.0 Å². The van der Waals surface area contributed by atoms with Gasteiger partial charge in [0.25, 0.3) is 0 Å². The van der Waals surface area contributed by atoms with Gasteiger partial charge in [-0.15, -0.1) is 13.2 Å². The highest BCUT2D eigenvalue weighted by Gasteiger charge is 2.31. The molecule has 6 nitrogen and oxygen atoms in total. The molecule has 160 valence electrons. The lowest BCUT2D eigenvalue weighted by Gasteiger charge is -2.10. The number of fused-ring (bicyclic) bond motifs is 1. The quantitative estimate of drug-likeness (QED) is 0.460. The molecule has 0 bridgehead atoms. The summed E-state index contributed by atoms with van der Waals surface area (Å²) < 4.78 is 51.5. The fourth-order valence-electron chi connectivity index (χ4n) is 3.29. The first kappa shape index (κ1) is 20.5. The number of ether oxygens (including phenoxy) is 3. The van der Waals surface area contributed by atoms with Crippen LogP contribution < -0.4 is 14.2 Å². The van der Waals surface area contributed by atoms with Crippen molar-refractivity contribution < 1.29 is 27.4 Å². The van der Waals surface area contributed by atoms with Crippen molar-refractivity contribution in [3.05, 3.63) is 66.1 Å². The Kier molecular flexibility index (Phi) is 5.41. The zero-order chi connectivity index (χ0) is 22.0. The van der Waals surface area contributed by atoms with Crippen molar-refractivity contribution in [3.8, 4) is 28.6 Å². The normalized spacial score (nSPS) is 11.5. The molecule has 0 amide bonds. The molecule has 0 spiro atoms. The summed E-state index contributed by atoms with van der Waals surface area (Å²) in [7, 11) is 3.04. The number of rotatable bonds is 6. The van der Waals surface area contributed by atoms with Crippen molar-refractivity contribution in [2.45, 2.75) is 12.8 Å². The van der Waals surface area contributed by atoms with Crippen molar-refractivity contribution in [1.82, 2.24) is 15.0 Å². The second kappa shape index (κ2) is 8.17. The summed E-state index contributed by atoms with van der Waals surface area (Å²) in [5.74, 6) is 1.07. The van der Waals surface area contributed by atoms with Gasteiger partial charge in [-0.2, -0.15) is 9.97 Å². The third-order valence-corrected chi connectivity index (χ3v) is 4.60. The van der Waals surface area contributed by atoms with Crippen LogP contribution in [0.25, 0.3) is 22.0 Å². The Hall–Kier alpha value is -3.75. The monoisotopic (exact) mass is 429 g/mol. The van der Waals surface area contributed by atoms with Crippen molar-refractivity contribution in [3.63, 3.8) is 0 Å². The van der Waals surface area contributed by atoms with Gasteiger partial charge >= 0.3 is 6.36 Å². The smallest absolute Gasteiger partial charge is 0.481 e. The number of H-pyrrole nitrogens is 1. The standard InChI is InChI=1S/C22H18F3N3O3/c1-29-19-12-20(30-2)28-18(27-19)11-15-10-14-4-3-5-17(21(14)26-15)13-6-8-16(9-7-13)31-22(23,24)25/h3-10,12,26H,11H2,1-2H3. The van der Waals surface area contributed by atoms with Gasteiger partial charge in [0.2, 0.25) is 11.8 Å². The molecule has 0 fully saturated rings. The number of hydrogen-bond donors (Lipinski definition) is 1. The number of hydrogen-bond acceptors (Lipinski definition) is 5. The van der Waals surface area contributed by atoms with Crippen LogP contribution >= 0.6 is 0 Å². The maximum Gasteiger partial charge on any atom is 0.573 e. The third-order valence-electron chi connectivity index (χ3n) is 4.60. The van der Waals surface area contributed by atoms with Crippen molar-refractivity contribution >= 4 is 10.9 Å². The molecule has 0 atom stereocenters. The molecule has 0 saturated carbocycles. The molecule has 4 rings (SSSR count). The van der Waals surface area contributed by atoms with Crippen LogP contribution in [0, 0.1) is 0 Å². The lowest BCUT2D eigenvalue weighted by atomic mass is 10.0. The van der Waals surface area contributed by atoms with E-state index in [9.17, 15) is 13.2 Å². The maximum atomic E-state index is 12.4. The van der Waals surface area contributed by atoms with Crippen LogP contribution in [0.3, 0.4) is 0 Å². The predicted octanol–water partition coefficient (Wildman–Crippen LogP) is 5.13. The minimum Gasteiger partial charge on any atom is -0.481 e. The van der Waals surface area contributed by atoms with Crippen LogP contribution in [0.15, 0.2) is 54.6 Å². The van der Waals surface area contributed by atoms with Crippen LogP contribution in [0.4, 0.5) is 13.2 Å². The lowest BCUT2D eigenvalue weighted by Crippen LogP contribution is -2.16. The van der Waals surface area contributed by atoms with Gasteiger partial charge in [0.15, 0.2) is 0 Å². The average Bonchev–Trinajstić information content (AvgIpc) is 3.15. The van der Waals surface area contributed by atoms with Gasteiger partial charge in [-0.3, -0.25) is 0 Å². The molecule has 0 aliphatic rings. The molecule has 4 aromatic rings. The van der Waals surface area contributed by atoms with E-state index in [4.69, 9.17) is 9.47 Å². The van der Waals surface area contributed by atoms with E-state index in [2.05, 4.69) is 19.7 Å². The predicted molar refractivity (Wildman–Crippen MR) is 108 cm³/mol. The highest BCUT2D eigenvalue weighted by Crippen LogP contribution is 2.31. The van der Waals surface area contributed by atoms with Gasteiger partial charge in [-0.1, -0.05) is 30.3 Å². The lowest BCUT2D eigenvalue weighted by molar-refractivity contribution is -0.274. The summed E-state index contributed by atoms with van der Waals surface area (Å²) in [5.41, 5.74) is 3.34. The molecule has 2 heterocycles. The van der Waals surface area contributed by atoms with Gasteiger partial charge in [0, 0.05) is 23.1 Å². The fourth-order valence-corrected chi connectivity index (χ4v) is 3.29. The summed E-state index contributed by atoms with van der Waals surface area (Å²) >= 11 is 0. The van der Waals surface area contributed by atoms with Gasteiger partial charge in [0.05, 0.1) is 25.8 Å². The maximum absolute atomic E-state index is 12.4. The first-order valence-corrected chi connectivity index (χ1v) is 9.27. The number of benzene rings is 2. The average molecular weight is 429 g/mol. The number of aromatic nitrogens is 3.